The number of fused-ring (bicyclic) bond motifs is 1. The number of nitrogen functional groups attached to an aromatic ring is 1. The molecule has 1 heterocycles. The van der Waals surface area contributed by atoms with Crippen LogP contribution in [0, 0.1) is 12.1 Å². The molecule has 20 heavy (non-hydrogen) atoms. The Hall–Kier alpha value is -2.35. The predicted molar refractivity (Wildman–Crippen MR) is 70.7 cm³/mol. The summed E-state index contributed by atoms with van der Waals surface area (Å²) in [5.41, 5.74) is 7.68. The number of hydrogen-bond donors (Lipinski definition) is 1. The van der Waals surface area contributed by atoms with Crippen molar-refractivity contribution < 1.29 is 13.2 Å². The van der Waals surface area contributed by atoms with E-state index in [1.807, 2.05) is 11.0 Å². The van der Waals surface area contributed by atoms with E-state index in [2.05, 4.69) is 12.1 Å². The molecule has 0 atom stereocenters. The highest BCUT2D eigenvalue weighted by molar-refractivity contribution is 5.78. The summed E-state index contributed by atoms with van der Waals surface area (Å²) in [5.74, 6) is 0. The summed E-state index contributed by atoms with van der Waals surface area (Å²) in [6.07, 6.45) is -3.56. The molecule has 0 spiro atoms. The molecule has 0 aromatic heterocycles. The van der Waals surface area contributed by atoms with Gasteiger partial charge in [-0.3, -0.25) is 0 Å². The van der Waals surface area contributed by atoms with Crippen molar-refractivity contribution in [3.63, 3.8) is 0 Å². The Morgan fingerprint density at radius 3 is 2.70 bits per heavy atom. The van der Waals surface area contributed by atoms with Gasteiger partial charge in [-0.15, -0.1) is 0 Å². The minimum atomic E-state index is -4.38. The summed E-state index contributed by atoms with van der Waals surface area (Å²) in [7, 11) is 0. The summed E-state index contributed by atoms with van der Waals surface area (Å²) in [5, 5.41) is 0. The minimum absolute atomic E-state index is 0.116. The molecule has 5 heteroatoms. The highest BCUT2D eigenvalue weighted by atomic mass is 19.4. The standard InChI is InChI=1S/C15H11F3N2/c16-15(17,18)11-5-6-14(12(19)9-11)20-8-7-10-3-1-2-4-13(10)20/h1,3,5-6,9H,7-8,19H2. The molecular formula is C15H11F3N2. The topological polar surface area (TPSA) is 29.3 Å². The molecule has 2 N–H and O–H groups in total. The van der Waals surface area contributed by atoms with Crippen LogP contribution in [0.3, 0.4) is 0 Å². The van der Waals surface area contributed by atoms with Crippen LogP contribution in [-0.4, -0.2) is 6.54 Å². The smallest absolute Gasteiger partial charge is 0.397 e. The molecule has 1 aliphatic rings. The van der Waals surface area contributed by atoms with E-state index in [4.69, 9.17) is 5.73 Å². The Morgan fingerprint density at radius 2 is 2.00 bits per heavy atom. The van der Waals surface area contributed by atoms with E-state index in [9.17, 15) is 13.2 Å². The molecular weight excluding hydrogens is 265 g/mol. The van der Waals surface area contributed by atoms with Gasteiger partial charge in [-0.25, -0.2) is 0 Å². The molecule has 0 amide bonds. The van der Waals surface area contributed by atoms with Crippen molar-refractivity contribution in [2.75, 3.05) is 17.2 Å². The molecule has 1 aliphatic heterocycles. The molecule has 2 aromatic carbocycles. The maximum absolute atomic E-state index is 12.6. The third kappa shape index (κ3) is 2.03. The van der Waals surface area contributed by atoms with Crippen molar-refractivity contribution in [2.45, 2.75) is 12.6 Å². The molecule has 0 radical (unpaired) electrons. The highest BCUT2D eigenvalue weighted by Gasteiger charge is 2.31. The number of nitrogens with zero attached hydrogens (tertiary/aromatic N) is 1. The average Bonchev–Trinajstić information content (AvgIpc) is 2.81. The van der Waals surface area contributed by atoms with Crippen LogP contribution in [0.1, 0.15) is 11.1 Å². The third-order valence-electron chi connectivity index (χ3n) is 3.38. The first kappa shape index (κ1) is 12.7. The number of halogens is 3. The summed E-state index contributed by atoms with van der Waals surface area (Å²) in [6.45, 7) is 0.680. The zero-order valence-electron chi connectivity index (χ0n) is 10.5. The molecule has 0 fully saturated rings. The van der Waals surface area contributed by atoms with Crippen molar-refractivity contribution in [3.8, 4) is 0 Å². The minimum Gasteiger partial charge on any atom is -0.397 e. The van der Waals surface area contributed by atoms with Crippen molar-refractivity contribution in [2.24, 2.45) is 0 Å². The van der Waals surface area contributed by atoms with Gasteiger partial charge < -0.3 is 10.6 Å². The van der Waals surface area contributed by atoms with E-state index >= 15 is 0 Å². The Morgan fingerprint density at radius 1 is 1.20 bits per heavy atom. The molecule has 2 aromatic rings. The maximum atomic E-state index is 12.6. The van der Waals surface area contributed by atoms with Gasteiger partial charge in [-0.05, 0) is 48.4 Å². The Bertz CT molecular complexity index is 650. The molecule has 2 nitrogen and oxygen atoms in total. The Labute approximate surface area is 114 Å². The number of nitrogens with two attached hydrogens (primary N) is 1. The largest absolute Gasteiger partial charge is 0.416 e. The molecule has 0 unspecified atom stereocenters. The second kappa shape index (κ2) is 4.34. The van der Waals surface area contributed by atoms with Crippen molar-refractivity contribution in [1.82, 2.24) is 0 Å². The third-order valence-corrected chi connectivity index (χ3v) is 3.38. The number of alkyl halides is 3. The zero-order chi connectivity index (χ0) is 14.3. The molecule has 0 aliphatic carbocycles. The first-order valence-electron chi connectivity index (χ1n) is 6.12. The number of anilines is 3. The summed E-state index contributed by atoms with van der Waals surface area (Å²) in [4.78, 5) is 1.88. The fourth-order valence-corrected chi connectivity index (χ4v) is 2.42. The SMILES string of the molecule is Nc1cc(C(F)(F)F)ccc1N1CCc2ccc#cc21. The summed E-state index contributed by atoms with van der Waals surface area (Å²) in [6, 6.07) is 13.0. The van der Waals surface area contributed by atoms with Gasteiger partial charge in [0, 0.05) is 6.54 Å². The van der Waals surface area contributed by atoms with Crippen molar-refractivity contribution in [3.05, 3.63) is 53.6 Å². The zero-order valence-corrected chi connectivity index (χ0v) is 10.5. The molecule has 0 bridgehead atoms. The Balaban J connectivity index is 2.01. The van der Waals surface area contributed by atoms with Gasteiger partial charge in [0.1, 0.15) is 0 Å². The van der Waals surface area contributed by atoms with Gasteiger partial charge in [0.25, 0.3) is 0 Å². The fraction of sp³-hybridized carbons (Fsp3) is 0.200. The predicted octanol–water partition coefficient (Wildman–Crippen LogP) is 3.58. The van der Waals surface area contributed by atoms with E-state index in [0.29, 0.717) is 12.2 Å². The van der Waals surface area contributed by atoms with Crippen molar-refractivity contribution >= 4 is 17.1 Å². The lowest BCUT2D eigenvalue weighted by Gasteiger charge is -2.21. The highest BCUT2D eigenvalue weighted by Crippen LogP contribution is 2.39. The van der Waals surface area contributed by atoms with E-state index in [0.717, 1.165) is 29.8 Å². The number of hydrogen-bond acceptors (Lipinski definition) is 2. The van der Waals surface area contributed by atoms with Crippen LogP contribution in [0.25, 0.3) is 0 Å². The Kier molecular flexibility index (Phi) is 2.75. The van der Waals surface area contributed by atoms with Gasteiger partial charge in [0.15, 0.2) is 0 Å². The summed E-state index contributed by atoms with van der Waals surface area (Å²) < 4.78 is 37.9. The van der Waals surface area contributed by atoms with Crippen molar-refractivity contribution in [1.29, 1.82) is 0 Å². The lowest BCUT2D eigenvalue weighted by atomic mass is 10.1. The lowest BCUT2D eigenvalue weighted by Crippen LogP contribution is -2.16. The van der Waals surface area contributed by atoms with Crippen LogP contribution in [-0.2, 0) is 12.6 Å². The second-order valence-electron chi connectivity index (χ2n) is 4.65. The maximum Gasteiger partial charge on any atom is 0.416 e. The normalized spacial score (nSPS) is 14.1. The van der Waals surface area contributed by atoms with E-state index in [1.165, 1.54) is 6.07 Å². The fourth-order valence-electron chi connectivity index (χ4n) is 2.42. The van der Waals surface area contributed by atoms with Gasteiger partial charge >= 0.3 is 6.18 Å². The van der Waals surface area contributed by atoms with E-state index < -0.39 is 11.7 Å². The average molecular weight is 276 g/mol. The monoisotopic (exact) mass is 276 g/mol. The van der Waals surface area contributed by atoms with Crippen LogP contribution in [0.5, 0.6) is 0 Å². The second-order valence-corrected chi connectivity index (χ2v) is 4.65. The van der Waals surface area contributed by atoms with Gasteiger partial charge in [-0.1, -0.05) is 6.07 Å². The first-order valence-corrected chi connectivity index (χ1v) is 6.12. The van der Waals surface area contributed by atoms with Crippen LogP contribution in [0.15, 0.2) is 30.3 Å². The van der Waals surface area contributed by atoms with Crippen LogP contribution < -0.4 is 10.6 Å². The van der Waals surface area contributed by atoms with Gasteiger partial charge in [0.2, 0.25) is 0 Å². The number of benzene rings is 1. The quantitative estimate of drug-likeness (QED) is 0.807. The van der Waals surface area contributed by atoms with E-state index in [-0.39, 0.29) is 5.69 Å². The number of rotatable bonds is 1. The first-order chi connectivity index (χ1) is 9.47. The lowest BCUT2D eigenvalue weighted by molar-refractivity contribution is -0.137. The van der Waals surface area contributed by atoms with Crippen LogP contribution >= 0.6 is 0 Å². The van der Waals surface area contributed by atoms with Crippen LogP contribution in [0.4, 0.5) is 30.2 Å². The van der Waals surface area contributed by atoms with E-state index in [1.54, 1.807) is 6.07 Å². The summed E-state index contributed by atoms with van der Waals surface area (Å²) >= 11 is 0. The van der Waals surface area contributed by atoms with Gasteiger partial charge in [0.05, 0.1) is 22.6 Å². The molecule has 0 saturated heterocycles. The molecule has 3 rings (SSSR count). The van der Waals surface area contributed by atoms with Crippen LogP contribution in [0.2, 0.25) is 0 Å². The molecule has 102 valence electrons. The van der Waals surface area contributed by atoms with Gasteiger partial charge in [-0.2, -0.15) is 13.2 Å². The molecule has 0 saturated carbocycles.